The topological polar surface area (TPSA) is 46.5 Å². The van der Waals surface area contributed by atoms with E-state index in [0.717, 1.165) is 0 Å². The van der Waals surface area contributed by atoms with Gasteiger partial charge in [0, 0.05) is 6.61 Å². The van der Waals surface area contributed by atoms with E-state index >= 15 is 0 Å². The van der Waals surface area contributed by atoms with Crippen LogP contribution in [0.3, 0.4) is 0 Å². The maximum atomic E-state index is 10.4. The normalized spacial score (nSPS) is 12.9. The van der Waals surface area contributed by atoms with E-state index in [1.54, 1.807) is 0 Å². The van der Waals surface area contributed by atoms with Crippen LogP contribution < -0.4 is 0 Å². The number of carboxylic acid groups (broad SMARTS) is 1. The molecule has 0 radical (unpaired) electrons. The molecule has 0 saturated heterocycles. The van der Waals surface area contributed by atoms with E-state index in [4.69, 9.17) is 9.84 Å². The van der Waals surface area contributed by atoms with Crippen LogP contribution in [0.15, 0.2) is 0 Å². The smallest absolute Gasteiger partial charge is 0.316 e. The summed E-state index contributed by atoms with van der Waals surface area (Å²) in [4.78, 5) is 10.4. The molecule has 4 heteroatoms. The summed E-state index contributed by atoms with van der Waals surface area (Å²) in [7, 11) is 0. The molecule has 1 atom stereocenters. The molecule has 0 fully saturated rings. The fraction of sp³-hybridized carbons (Fsp3) is 0.857. The third-order valence-corrected chi connectivity index (χ3v) is 2.44. The molecule has 0 aliphatic rings. The summed E-state index contributed by atoms with van der Waals surface area (Å²) < 4.78 is 5.02. The standard InChI is InChI=1S/C7H14O3S/c1-3-6(7(8)9)11-5-10-4-2/h6H,3-5H2,1-2H3,(H,8,9). The van der Waals surface area contributed by atoms with E-state index in [0.29, 0.717) is 19.0 Å². The Hall–Kier alpha value is -0.220. The highest BCUT2D eigenvalue weighted by molar-refractivity contribution is 8.00. The van der Waals surface area contributed by atoms with Gasteiger partial charge in [0.25, 0.3) is 0 Å². The molecule has 0 aliphatic carbocycles. The lowest BCUT2D eigenvalue weighted by molar-refractivity contribution is -0.136. The summed E-state index contributed by atoms with van der Waals surface area (Å²) in [5.41, 5.74) is 0. The molecule has 0 bridgehead atoms. The van der Waals surface area contributed by atoms with Gasteiger partial charge in [-0.25, -0.2) is 0 Å². The van der Waals surface area contributed by atoms with Crippen LogP contribution in [-0.4, -0.2) is 28.9 Å². The van der Waals surface area contributed by atoms with E-state index < -0.39 is 5.97 Å². The second-order valence-corrected chi connectivity index (χ2v) is 3.15. The van der Waals surface area contributed by atoms with Crippen LogP contribution in [0.4, 0.5) is 0 Å². The van der Waals surface area contributed by atoms with Crippen molar-refractivity contribution in [1.29, 1.82) is 0 Å². The molecule has 0 heterocycles. The molecule has 0 aromatic rings. The minimum atomic E-state index is -0.753. The fourth-order valence-corrected chi connectivity index (χ4v) is 1.38. The van der Waals surface area contributed by atoms with Crippen molar-refractivity contribution in [1.82, 2.24) is 0 Å². The lowest BCUT2D eigenvalue weighted by Crippen LogP contribution is -2.15. The van der Waals surface area contributed by atoms with Crippen molar-refractivity contribution in [2.45, 2.75) is 25.5 Å². The monoisotopic (exact) mass is 178 g/mol. The first-order valence-electron chi connectivity index (χ1n) is 3.64. The first-order valence-corrected chi connectivity index (χ1v) is 4.69. The summed E-state index contributed by atoms with van der Waals surface area (Å²) in [5, 5.41) is 8.28. The molecule has 1 unspecified atom stereocenters. The van der Waals surface area contributed by atoms with Gasteiger partial charge in [0.2, 0.25) is 0 Å². The van der Waals surface area contributed by atoms with Gasteiger partial charge in [0.15, 0.2) is 0 Å². The molecule has 0 aliphatic heterocycles. The lowest BCUT2D eigenvalue weighted by atomic mass is 10.3. The highest BCUT2D eigenvalue weighted by Gasteiger charge is 2.14. The molecule has 0 saturated carbocycles. The summed E-state index contributed by atoms with van der Waals surface area (Å²) in [6.07, 6.45) is 0.646. The van der Waals surface area contributed by atoms with Gasteiger partial charge in [-0.15, -0.1) is 11.8 Å². The van der Waals surface area contributed by atoms with Crippen molar-refractivity contribution in [3.63, 3.8) is 0 Å². The van der Waals surface area contributed by atoms with Gasteiger partial charge < -0.3 is 9.84 Å². The van der Waals surface area contributed by atoms with Gasteiger partial charge in [0.05, 0.1) is 5.94 Å². The number of carboxylic acids is 1. The predicted octanol–water partition coefficient (Wildman–Crippen LogP) is 1.58. The average Bonchev–Trinajstić information content (AvgIpc) is 1.97. The Morgan fingerprint density at radius 2 is 2.27 bits per heavy atom. The zero-order valence-corrected chi connectivity index (χ0v) is 7.69. The number of hydrogen-bond acceptors (Lipinski definition) is 3. The second kappa shape index (κ2) is 6.49. The number of rotatable bonds is 6. The first kappa shape index (κ1) is 10.8. The Morgan fingerprint density at radius 3 is 2.64 bits per heavy atom. The summed E-state index contributed by atoms with van der Waals surface area (Å²) in [6, 6.07) is 0. The van der Waals surface area contributed by atoms with Gasteiger partial charge in [-0.2, -0.15) is 0 Å². The van der Waals surface area contributed by atoms with Gasteiger partial charge in [-0.05, 0) is 13.3 Å². The van der Waals surface area contributed by atoms with E-state index in [9.17, 15) is 4.79 Å². The molecule has 66 valence electrons. The molecule has 0 rings (SSSR count). The Labute approximate surface area is 71.1 Å². The molecule has 0 aromatic carbocycles. The molecular weight excluding hydrogens is 164 g/mol. The molecule has 0 amide bonds. The zero-order valence-electron chi connectivity index (χ0n) is 6.87. The van der Waals surface area contributed by atoms with Crippen LogP contribution in [0, 0.1) is 0 Å². The van der Waals surface area contributed by atoms with Crippen LogP contribution in [-0.2, 0) is 9.53 Å². The third-order valence-electron chi connectivity index (χ3n) is 1.20. The lowest BCUT2D eigenvalue weighted by Gasteiger charge is -2.07. The maximum Gasteiger partial charge on any atom is 0.316 e. The van der Waals surface area contributed by atoms with Crippen molar-refractivity contribution in [3.05, 3.63) is 0 Å². The summed E-state index contributed by atoms with van der Waals surface area (Å²) >= 11 is 1.33. The molecule has 0 spiro atoms. The van der Waals surface area contributed by atoms with Crippen molar-refractivity contribution in [2.24, 2.45) is 0 Å². The van der Waals surface area contributed by atoms with Gasteiger partial charge >= 0.3 is 5.97 Å². The minimum absolute atomic E-state index is 0.318. The largest absolute Gasteiger partial charge is 0.480 e. The zero-order chi connectivity index (χ0) is 8.69. The molecule has 11 heavy (non-hydrogen) atoms. The molecular formula is C7H14O3S. The highest BCUT2D eigenvalue weighted by Crippen LogP contribution is 2.14. The van der Waals surface area contributed by atoms with E-state index in [1.165, 1.54) is 11.8 Å². The van der Waals surface area contributed by atoms with Crippen molar-refractivity contribution < 1.29 is 14.6 Å². The average molecular weight is 178 g/mol. The van der Waals surface area contributed by atoms with Crippen LogP contribution in [0.2, 0.25) is 0 Å². The van der Waals surface area contributed by atoms with Crippen molar-refractivity contribution in [3.8, 4) is 0 Å². The van der Waals surface area contributed by atoms with Crippen molar-refractivity contribution >= 4 is 17.7 Å². The number of thioether (sulfide) groups is 1. The molecule has 3 nitrogen and oxygen atoms in total. The quantitative estimate of drug-likeness (QED) is 0.495. The summed E-state index contributed by atoms with van der Waals surface area (Å²) in [5.74, 6) is -0.279. The SMILES string of the molecule is CCOCSC(CC)C(=O)O. The van der Waals surface area contributed by atoms with E-state index in [-0.39, 0.29) is 5.25 Å². The number of aliphatic carboxylic acids is 1. The van der Waals surface area contributed by atoms with Crippen LogP contribution in [0.5, 0.6) is 0 Å². The Bertz CT molecular complexity index is 116. The van der Waals surface area contributed by atoms with Crippen LogP contribution in [0.1, 0.15) is 20.3 Å². The highest BCUT2D eigenvalue weighted by atomic mass is 32.2. The van der Waals surface area contributed by atoms with Crippen molar-refractivity contribution in [2.75, 3.05) is 12.5 Å². The number of ether oxygens (including phenoxy) is 1. The molecule has 0 aromatic heterocycles. The number of hydrogen-bond donors (Lipinski definition) is 1. The predicted molar refractivity (Wildman–Crippen MR) is 45.8 cm³/mol. The number of carbonyl (C=O) groups is 1. The fourth-order valence-electron chi connectivity index (χ4n) is 0.577. The van der Waals surface area contributed by atoms with Gasteiger partial charge in [0.1, 0.15) is 5.25 Å². The molecule has 1 N–H and O–H groups in total. The van der Waals surface area contributed by atoms with Gasteiger partial charge in [-0.1, -0.05) is 6.92 Å². The Morgan fingerprint density at radius 1 is 1.64 bits per heavy atom. The second-order valence-electron chi connectivity index (χ2n) is 2.01. The summed E-state index contributed by atoms with van der Waals surface area (Å²) in [6.45, 7) is 4.39. The van der Waals surface area contributed by atoms with Gasteiger partial charge in [-0.3, -0.25) is 4.79 Å². The Balaban J connectivity index is 3.44. The third kappa shape index (κ3) is 5.09. The van der Waals surface area contributed by atoms with Crippen LogP contribution in [0.25, 0.3) is 0 Å². The van der Waals surface area contributed by atoms with Crippen LogP contribution >= 0.6 is 11.8 Å². The minimum Gasteiger partial charge on any atom is -0.480 e. The maximum absolute atomic E-state index is 10.4. The Kier molecular flexibility index (Phi) is 6.36. The first-order chi connectivity index (χ1) is 5.22. The van der Waals surface area contributed by atoms with E-state index in [2.05, 4.69) is 0 Å². The van der Waals surface area contributed by atoms with E-state index in [1.807, 2.05) is 13.8 Å².